The van der Waals surface area contributed by atoms with Gasteiger partial charge >= 0.3 is 0 Å². The van der Waals surface area contributed by atoms with Crippen LogP contribution in [0.3, 0.4) is 0 Å². The molecule has 1 aliphatic rings. The van der Waals surface area contributed by atoms with Crippen LogP contribution in [0.5, 0.6) is 0 Å². The van der Waals surface area contributed by atoms with Gasteiger partial charge in [0.15, 0.2) is 0 Å². The standard InChI is InChI=1S/C11H19N3/c1-9-5-11(6-9)12-4-3-10-7-13-14(2)8-10/h7-9,11-12H,3-6H2,1-2H3. The third kappa shape index (κ3) is 2.35. The molecule has 1 aromatic rings. The minimum atomic E-state index is 0.779. The van der Waals surface area contributed by atoms with Crippen molar-refractivity contribution < 1.29 is 0 Å². The number of nitrogens with one attached hydrogen (secondary N) is 1. The molecule has 1 heterocycles. The maximum Gasteiger partial charge on any atom is 0.0522 e. The summed E-state index contributed by atoms with van der Waals surface area (Å²) in [6.45, 7) is 3.41. The summed E-state index contributed by atoms with van der Waals surface area (Å²) in [6.07, 6.45) is 7.84. The van der Waals surface area contributed by atoms with Crippen molar-refractivity contribution in [1.82, 2.24) is 15.1 Å². The van der Waals surface area contributed by atoms with Crippen LogP contribution in [0.15, 0.2) is 12.4 Å². The highest BCUT2D eigenvalue weighted by Gasteiger charge is 2.23. The molecule has 14 heavy (non-hydrogen) atoms. The Morgan fingerprint density at radius 1 is 1.57 bits per heavy atom. The molecule has 1 fully saturated rings. The van der Waals surface area contributed by atoms with Crippen molar-refractivity contribution in [2.45, 2.75) is 32.2 Å². The summed E-state index contributed by atoms with van der Waals surface area (Å²) >= 11 is 0. The molecule has 0 aromatic carbocycles. The van der Waals surface area contributed by atoms with E-state index in [0.29, 0.717) is 0 Å². The van der Waals surface area contributed by atoms with Gasteiger partial charge in [0.05, 0.1) is 6.20 Å². The lowest BCUT2D eigenvalue weighted by Crippen LogP contribution is -2.40. The Morgan fingerprint density at radius 3 is 2.93 bits per heavy atom. The van der Waals surface area contributed by atoms with Gasteiger partial charge in [-0.15, -0.1) is 0 Å². The highest BCUT2D eigenvalue weighted by molar-refractivity contribution is 5.04. The maximum atomic E-state index is 4.15. The number of nitrogens with zero attached hydrogens (tertiary/aromatic N) is 2. The first-order valence-electron chi connectivity index (χ1n) is 5.45. The van der Waals surface area contributed by atoms with Crippen molar-refractivity contribution >= 4 is 0 Å². The molecule has 0 saturated heterocycles. The summed E-state index contributed by atoms with van der Waals surface area (Å²) in [7, 11) is 1.96. The average molecular weight is 193 g/mol. The van der Waals surface area contributed by atoms with Crippen LogP contribution in [0.25, 0.3) is 0 Å². The molecule has 0 atom stereocenters. The van der Waals surface area contributed by atoms with Crippen LogP contribution in [-0.2, 0) is 13.5 Å². The van der Waals surface area contributed by atoms with Crippen LogP contribution in [-0.4, -0.2) is 22.4 Å². The molecule has 0 amide bonds. The lowest BCUT2D eigenvalue weighted by atomic mass is 9.82. The Labute approximate surface area is 85.5 Å². The smallest absolute Gasteiger partial charge is 0.0522 e. The zero-order chi connectivity index (χ0) is 9.97. The summed E-state index contributed by atoms with van der Waals surface area (Å²) in [5.41, 5.74) is 1.33. The van der Waals surface area contributed by atoms with E-state index in [0.717, 1.165) is 24.9 Å². The SMILES string of the molecule is CC1CC(NCCc2cnn(C)c2)C1. The summed E-state index contributed by atoms with van der Waals surface area (Å²) in [5, 5.41) is 7.72. The van der Waals surface area contributed by atoms with Crippen molar-refractivity contribution in [3.05, 3.63) is 18.0 Å². The van der Waals surface area contributed by atoms with E-state index >= 15 is 0 Å². The van der Waals surface area contributed by atoms with Gasteiger partial charge in [-0.05, 0) is 37.3 Å². The van der Waals surface area contributed by atoms with Crippen molar-refractivity contribution in [3.63, 3.8) is 0 Å². The monoisotopic (exact) mass is 193 g/mol. The van der Waals surface area contributed by atoms with Gasteiger partial charge in [0.1, 0.15) is 0 Å². The molecule has 78 valence electrons. The second-order valence-corrected chi connectivity index (χ2v) is 4.50. The maximum absolute atomic E-state index is 4.15. The first-order chi connectivity index (χ1) is 6.74. The Balaban J connectivity index is 1.63. The Kier molecular flexibility index (Phi) is 2.87. The van der Waals surface area contributed by atoms with Crippen molar-refractivity contribution in [2.75, 3.05) is 6.54 Å². The van der Waals surface area contributed by atoms with E-state index in [-0.39, 0.29) is 0 Å². The largest absolute Gasteiger partial charge is 0.314 e. The Morgan fingerprint density at radius 2 is 2.36 bits per heavy atom. The molecule has 0 aliphatic heterocycles. The van der Waals surface area contributed by atoms with Gasteiger partial charge in [-0.25, -0.2) is 0 Å². The summed E-state index contributed by atoms with van der Waals surface area (Å²) in [4.78, 5) is 0. The number of aromatic nitrogens is 2. The van der Waals surface area contributed by atoms with E-state index < -0.39 is 0 Å². The minimum Gasteiger partial charge on any atom is -0.314 e. The van der Waals surface area contributed by atoms with Crippen LogP contribution in [0.1, 0.15) is 25.3 Å². The molecule has 0 unspecified atom stereocenters. The predicted octanol–water partition coefficient (Wildman–Crippen LogP) is 1.35. The van der Waals surface area contributed by atoms with Crippen LogP contribution in [0.2, 0.25) is 0 Å². The molecule has 0 radical (unpaired) electrons. The van der Waals surface area contributed by atoms with Crippen molar-refractivity contribution in [1.29, 1.82) is 0 Å². The van der Waals surface area contributed by atoms with Crippen LogP contribution >= 0.6 is 0 Å². The lowest BCUT2D eigenvalue weighted by Gasteiger charge is -2.33. The molecule has 1 aliphatic carbocycles. The quantitative estimate of drug-likeness (QED) is 0.782. The molecular formula is C11H19N3. The number of hydrogen-bond acceptors (Lipinski definition) is 2. The second kappa shape index (κ2) is 4.13. The van der Waals surface area contributed by atoms with Gasteiger partial charge < -0.3 is 5.32 Å². The summed E-state index contributed by atoms with van der Waals surface area (Å²) in [5.74, 6) is 0.936. The lowest BCUT2D eigenvalue weighted by molar-refractivity contribution is 0.243. The normalized spacial score (nSPS) is 26.1. The molecule has 1 saturated carbocycles. The fraction of sp³-hybridized carbons (Fsp3) is 0.727. The third-order valence-electron chi connectivity index (χ3n) is 2.98. The molecule has 1 aromatic heterocycles. The summed E-state index contributed by atoms with van der Waals surface area (Å²) in [6, 6.07) is 0.779. The number of rotatable bonds is 4. The molecule has 3 heteroatoms. The van der Waals surface area contributed by atoms with Crippen molar-refractivity contribution in [2.24, 2.45) is 13.0 Å². The predicted molar refractivity (Wildman–Crippen MR) is 57.1 cm³/mol. The van der Waals surface area contributed by atoms with E-state index in [1.165, 1.54) is 18.4 Å². The molecule has 0 spiro atoms. The first-order valence-corrected chi connectivity index (χ1v) is 5.45. The highest BCUT2D eigenvalue weighted by Crippen LogP contribution is 2.25. The van der Waals surface area contributed by atoms with Gasteiger partial charge in [-0.1, -0.05) is 6.92 Å². The fourth-order valence-electron chi connectivity index (χ4n) is 2.09. The Hall–Kier alpha value is -0.830. The summed E-state index contributed by atoms with van der Waals surface area (Å²) < 4.78 is 1.86. The number of aryl methyl sites for hydroxylation is 1. The van der Waals surface area contributed by atoms with Gasteiger partial charge in [0, 0.05) is 19.3 Å². The van der Waals surface area contributed by atoms with Crippen molar-refractivity contribution in [3.8, 4) is 0 Å². The molecule has 0 bridgehead atoms. The van der Waals surface area contributed by atoms with E-state index in [2.05, 4.69) is 23.5 Å². The van der Waals surface area contributed by atoms with Crippen LogP contribution < -0.4 is 5.32 Å². The molecule has 3 nitrogen and oxygen atoms in total. The zero-order valence-corrected chi connectivity index (χ0v) is 9.03. The average Bonchev–Trinajstić information content (AvgIpc) is 2.48. The van der Waals surface area contributed by atoms with Crippen LogP contribution in [0.4, 0.5) is 0 Å². The molecule has 1 N–H and O–H groups in total. The minimum absolute atomic E-state index is 0.779. The van der Waals surface area contributed by atoms with Gasteiger partial charge in [-0.3, -0.25) is 4.68 Å². The Bertz CT molecular complexity index is 286. The molecular weight excluding hydrogens is 174 g/mol. The van der Waals surface area contributed by atoms with E-state index in [1.807, 2.05) is 17.9 Å². The topological polar surface area (TPSA) is 29.9 Å². The van der Waals surface area contributed by atoms with Crippen LogP contribution in [0, 0.1) is 5.92 Å². The first kappa shape index (κ1) is 9.71. The van der Waals surface area contributed by atoms with Gasteiger partial charge in [-0.2, -0.15) is 5.10 Å². The fourth-order valence-corrected chi connectivity index (χ4v) is 2.09. The zero-order valence-electron chi connectivity index (χ0n) is 9.03. The van der Waals surface area contributed by atoms with E-state index in [1.54, 1.807) is 0 Å². The third-order valence-corrected chi connectivity index (χ3v) is 2.98. The highest BCUT2D eigenvalue weighted by atomic mass is 15.2. The van der Waals surface area contributed by atoms with Gasteiger partial charge in [0.25, 0.3) is 0 Å². The van der Waals surface area contributed by atoms with Gasteiger partial charge in [0.2, 0.25) is 0 Å². The van der Waals surface area contributed by atoms with E-state index in [4.69, 9.17) is 0 Å². The number of hydrogen-bond donors (Lipinski definition) is 1. The molecule has 2 rings (SSSR count). The second-order valence-electron chi connectivity index (χ2n) is 4.50. The van der Waals surface area contributed by atoms with E-state index in [9.17, 15) is 0 Å².